The lowest BCUT2D eigenvalue weighted by molar-refractivity contribution is 0.0950. The Hall–Kier alpha value is -3.40. The number of carbonyl (C=O) groups excluding carboxylic acids is 1. The van der Waals surface area contributed by atoms with Crippen molar-refractivity contribution in [1.82, 2.24) is 15.3 Å². The summed E-state index contributed by atoms with van der Waals surface area (Å²) in [5.74, 6) is 0.635. The van der Waals surface area contributed by atoms with Crippen molar-refractivity contribution in [3.63, 3.8) is 0 Å². The van der Waals surface area contributed by atoms with E-state index in [1.807, 2.05) is 42.5 Å². The number of hydrogen-bond acceptors (Lipinski definition) is 2. The number of fused-ring (bicyclic) bond motifs is 1. The molecule has 0 spiro atoms. The van der Waals surface area contributed by atoms with Gasteiger partial charge in [-0.3, -0.25) is 4.79 Å². The zero-order chi connectivity index (χ0) is 17.1. The van der Waals surface area contributed by atoms with E-state index in [4.69, 9.17) is 0 Å². The van der Waals surface area contributed by atoms with E-state index in [1.54, 1.807) is 12.1 Å². The van der Waals surface area contributed by atoms with Gasteiger partial charge in [0.2, 0.25) is 0 Å². The van der Waals surface area contributed by atoms with E-state index >= 15 is 0 Å². The van der Waals surface area contributed by atoms with E-state index in [0.29, 0.717) is 12.1 Å². The predicted molar refractivity (Wildman–Crippen MR) is 99.1 cm³/mol. The van der Waals surface area contributed by atoms with Crippen LogP contribution in [0.5, 0.6) is 0 Å². The Kier molecular flexibility index (Phi) is 4.01. The topological polar surface area (TPSA) is 57.8 Å². The summed E-state index contributed by atoms with van der Waals surface area (Å²) in [6.45, 7) is 0.364. The minimum absolute atomic E-state index is 0.106. The third kappa shape index (κ3) is 3.28. The highest BCUT2D eigenvalue weighted by molar-refractivity contribution is 5.94. The summed E-state index contributed by atoms with van der Waals surface area (Å²) in [5, 5.41) is 2.89. The molecular weight excluding hydrogens is 310 g/mol. The number of amides is 1. The number of hydrogen-bond donors (Lipinski definition) is 2. The van der Waals surface area contributed by atoms with Gasteiger partial charge in [-0.15, -0.1) is 0 Å². The molecular formula is C21H17N3O. The van der Waals surface area contributed by atoms with Crippen molar-refractivity contribution < 1.29 is 4.79 Å². The van der Waals surface area contributed by atoms with Gasteiger partial charge in [-0.25, -0.2) is 4.98 Å². The fourth-order valence-corrected chi connectivity index (χ4v) is 2.81. The normalized spacial score (nSPS) is 10.7. The lowest BCUT2D eigenvalue weighted by Crippen LogP contribution is -2.23. The molecule has 1 heterocycles. The van der Waals surface area contributed by atoms with E-state index in [-0.39, 0.29) is 5.91 Å². The van der Waals surface area contributed by atoms with Gasteiger partial charge in [0.1, 0.15) is 5.82 Å². The Morgan fingerprint density at radius 3 is 2.36 bits per heavy atom. The van der Waals surface area contributed by atoms with Crippen LogP contribution in [0.25, 0.3) is 22.2 Å². The van der Waals surface area contributed by atoms with Crippen molar-refractivity contribution in [3.8, 4) is 11.1 Å². The van der Waals surface area contributed by atoms with Gasteiger partial charge in [0.15, 0.2) is 0 Å². The Morgan fingerprint density at radius 1 is 0.880 bits per heavy atom. The Bertz CT molecular complexity index is 1010. The van der Waals surface area contributed by atoms with Crippen LogP contribution in [-0.2, 0) is 6.54 Å². The Morgan fingerprint density at radius 2 is 1.60 bits per heavy atom. The molecule has 4 rings (SSSR count). The minimum Gasteiger partial charge on any atom is -0.345 e. The molecule has 4 nitrogen and oxygen atoms in total. The number of nitrogens with one attached hydrogen (secondary N) is 2. The molecule has 0 aliphatic heterocycles. The first-order valence-electron chi connectivity index (χ1n) is 8.17. The van der Waals surface area contributed by atoms with Crippen molar-refractivity contribution in [3.05, 3.63) is 90.3 Å². The quantitative estimate of drug-likeness (QED) is 0.591. The van der Waals surface area contributed by atoms with Gasteiger partial charge in [0, 0.05) is 5.56 Å². The molecule has 0 saturated carbocycles. The average molecular weight is 327 g/mol. The van der Waals surface area contributed by atoms with Gasteiger partial charge in [-0.05, 0) is 35.4 Å². The Labute approximate surface area is 145 Å². The molecule has 122 valence electrons. The molecule has 1 aromatic heterocycles. The third-order valence-corrected chi connectivity index (χ3v) is 4.09. The molecule has 25 heavy (non-hydrogen) atoms. The molecule has 0 aliphatic carbocycles. The van der Waals surface area contributed by atoms with Crippen molar-refractivity contribution in [2.24, 2.45) is 0 Å². The monoisotopic (exact) mass is 327 g/mol. The van der Waals surface area contributed by atoms with Crippen LogP contribution in [0, 0.1) is 0 Å². The lowest BCUT2D eigenvalue weighted by atomic mass is 10.1. The van der Waals surface area contributed by atoms with Gasteiger partial charge in [-0.2, -0.15) is 0 Å². The van der Waals surface area contributed by atoms with Gasteiger partial charge < -0.3 is 10.3 Å². The number of aromatic amines is 1. The van der Waals surface area contributed by atoms with Crippen LogP contribution in [0.4, 0.5) is 0 Å². The molecule has 4 aromatic rings. The van der Waals surface area contributed by atoms with Crippen molar-refractivity contribution in [2.45, 2.75) is 6.54 Å². The lowest BCUT2D eigenvalue weighted by Gasteiger charge is -2.02. The zero-order valence-electron chi connectivity index (χ0n) is 13.6. The highest BCUT2D eigenvalue weighted by atomic mass is 16.1. The number of aromatic nitrogens is 2. The second kappa shape index (κ2) is 6.61. The summed E-state index contributed by atoms with van der Waals surface area (Å²) in [6, 6.07) is 25.5. The third-order valence-electron chi connectivity index (χ3n) is 4.09. The molecule has 0 fully saturated rings. The maximum atomic E-state index is 12.1. The van der Waals surface area contributed by atoms with E-state index in [1.165, 1.54) is 0 Å². The van der Waals surface area contributed by atoms with Crippen molar-refractivity contribution in [2.75, 3.05) is 0 Å². The molecule has 0 bridgehead atoms. The summed E-state index contributed by atoms with van der Waals surface area (Å²) in [5.41, 5.74) is 4.80. The molecule has 0 unspecified atom stereocenters. The van der Waals surface area contributed by atoms with Crippen LogP contribution in [0.15, 0.2) is 78.9 Å². The van der Waals surface area contributed by atoms with Crippen molar-refractivity contribution >= 4 is 16.9 Å². The highest BCUT2D eigenvalue weighted by Crippen LogP contribution is 2.23. The van der Waals surface area contributed by atoms with E-state index in [0.717, 1.165) is 28.0 Å². The molecule has 0 atom stereocenters. The number of rotatable bonds is 4. The summed E-state index contributed by atoms with van der Waals surface area (Å²) >= 11 is 0. The van der Waals surface area contributed by atoms with E-state index in [2.05, 4.69) is 39.6 Å². The van der Waals surface area contributed by atoms with Crippen LogP contribution >= 0.6 is 0 Å². The molecule has 0 radical (unpaired) electrons. The Balaban J connectivity index is 1.52. The van der Waals surface area contributed by atoms with Crippen LogP contribution in [-0.4, -0.2) is 15.9 Å². The minimum atomic E-state index is -0.106. The standard InChI is InChI=1S/C21H17N3O/c25-21(16-9-5-2-6-10-16)22-14-20-23-18-12-11-17(13-19(18)24-20)15-7-3-1-4-8-15/h1-13H,14H2,(H,22,25)(H,23,24). The van der Waals surface area contributed by atoms with Gasteiger partial charge in [0.25, 0.3) is 5.91 Å². The summed E-state index contributed by atoms with van der Waals surface area (Å²) < 4.78 is 0. The van der Waals surface area contributed by atoms with Crippen LogP contribution in [0.3, 0.4) is 0 Å². The highest BCUT2D eigenvalue weighted by Gasteiger charge is 2.08. The van der Waals surface area contributed by atoms with Crippen LogP contribution in [0.1, 0.15) is 16.2 Å². The summed E-state index contributed by atoms with van der Waals surface area (Å²) in [6.07, 6.45) is 0. The SMILES string of the molecule is O=C(NCc1nc2ccc(-c3ccccc3)cc2[nH]1)c1ccccc1. The van der Waals surface area contributed by atoms with Crippen molar-refractivity contribution in [1.29, 1.82) is 0 Å². The number of H-pyrrole nitrogens is 1. The fourth-order valence-electron chi connectivity index (χ4n) is 2.81. The van der Waals surface area contributed by atoms with E-state index < -0.39 is 0 Å². The number of carbonyl (C=O) groups is 1. The predicted octanol–water partition coefficient (Wildman–Crippen LogP) is 4.16. The molecule has 1 amide bonds. The van der Waals surface area contributed by atoms with Crippen LogP contribution < -0.4 is 5.32 Å². The molecule has 2 N–H and O–H groups in total. The molecule has 4 heteroatoms. The summed E-state index contributed by atoms with van der Waals surface area (Å²) in [7, 11) is 0. The maximum absolute atomic E-state index is 12.1. The molecule has 0 saturated heterocycles. The van der Waals surface area contributed by atoms with Crippen LogP contribution in [0.2, 0.25) is 0 Å². The van der Waals surface area contributed by atoms with E-state index in [9.17, 15) is 4.79 Å². The maximum Gasteiger partial charge on any atom is 0.251 e. The fraction of sp³-hybridized carbons (Fsp3) is 0.0476. The van der Waals surface area contributed by atoms with Gasteiger partial charge >= 0.3 is 0 Å². The molecule has 0 aliphatic rings. The second-order valence-corrected chi connectivity index (χ2v) is 5.83. The molecule has 3 aromatic carbocycles. The first kappa shape index (κ1) is 15.1. The average Bonchev–Trinajstić information content (AvgIpc) is 3.09. The smallest absolute Gasteiger partial charge is 0.251 e. The van der Waals surface area contributed by atoms with Gasteiger partial charge in [-0.1, -0.05) is 54.6 Å². The summed E-state index contributed by atoms with van der Waals surface area (Å²) in [4.78, 5) is 19.9. The number of imidazole rings is 1. The number of benzene rings is 3. The number of nitrogens with zero attached hydrogens (tertiary/aromatic N) is 1. The second-order valence-electron chi connectivity index (χ2n) is 5.83. The first-order valence-corrected chi connectivity index (χ1v) is 8.17. The zero-order valence-corrected chi connectivity index (χ0v) is 13.6. The van der Waals surface area contributed by atoms with Gasteiger partial charge in [0.05, 0.1) is 17.6 Å². The first-order chi connectivity index (χ1) is 12.3. The largest absolute Gasteiger partial charge is 0.345 e.